The van der Waals surface area contributed by atoms with Gasteiger partial charge in [-0.25, -0.2) is 8.42 Å². The average Bonchev–Trinajstić information content (AvgIpc) is 2.73. The molecule has 2 heterocycles. The van der Waals surface area contributed by atoms with E-state index in [2.05, 4.69) is 5.32 Å². The topological polar surface area (TPSA) is 84.9 Å². The van der Waals surface area contributed by atoms with Crippen molar-refractivity contribution < 1.29 is 22.7 Å². The summed E-state index contributed by atoms with van der Waals surface area (Å²) in [6, 6.07) is 9.12. The van der Waals surface area contributed by atoms with Crippen LogP contribution in [0.5, 0.6) is 11.5 Å². The second-order valence-electron chi connectivity index (χ2n) is 8.25. The molecular formula is C23H28N2O5S. The number of benzene rings is 2. The Morgan fingerprint density at radius 1 is 0.968 bits per heavy atom. The first-order valence-corrected chi connectivity index (χ1v) is 12.0. The first-order chi connectivity index (χ1) is 14.8. The average molecular weight is 445 g/mol. The lowest BCUT2D eigenvalue weighted by molar-refractivity contribution is -0.120. The van der Waals surface area contributed by atoms with Crippen LogP contribution in [0.3, 0.4) is 0 Å². The summed E-state index contributed by atoms with van der Waals surface area (Å²) in [4.78, 5) is 13.1. The first kappa shape index (κ1) is 21.6. The van der Waals surface area contributed by atoms with Crippen LogP contribution in [0.25, 0.3) is 0 Å². The molecule has 0 bridgehead atoms. The number of carbonyl (C=O) groups excluding carboxylic acids is 1. The second kappa shape index (κ2) is 8.51. The fourth-order valence-electron chi connectivity index (χ4n) is 4.43. The van der Waals surface area contributed by atoms with E-state index in [1.54, 1.807) is 18.2 Å². The van der Waals surface area contributed by atoms with Crippen molar-refractivity contribution in [1.82, 2.24) is 4.31 Å². The van der Waals surface area contributed by atoms with E-state index in [0.29, 0.717) is 61.2 Å². The van der Waals surface area contributed by atoms with Crippen molar-refractivity contribution >= 4 is 21.6 Å². The third kappa shape index (κ3) is 4.41. The maximum atomic E-state index is 13.2. The first-order valence-electron chi connectivity index (χ1n) is 10.5. The number of piperidine rings is 1. The van der Waals surface area contributed by atoms with E-state index in [9.17, 15) is 13.2 Å². The molecule has 166 valence electrons. The minimum Gasteiger partial charge on any atom is -0.486 e. The summed E-state index contributed by atoms with van der Waals surface area (Å²) in [5.41, 5.74) is 3.21. The predicted octanol–water partition coefficient (Wildman–Crippen LogP) is 3.42. The molecular weight excluding hydrogens is 416 g/mol. The monoisotopic (exact) mass is 444 g/mol. The van der Waals surface area contributed by atoms with Gasteiger partial charge in [0.15, 0.2) is 11.5 Å². The smallest absolute Gasteiger partial charge is 0.243 e. The van der Waals surface area contributed by atoms with Gasteiger partial charge in [-0.05, 0) is 56.9 Å². The van der Waals surface area contributed by atoms with Crippen molar-refractivity contribution in [3.63, 3.8) is 0 Å². The largest absolute Gasteiger partial charge is 0.486 e. The number of sulfonamides is 1. The van der Waals surface area contributed by atoms with Crippen LogP contribution in [0.2, 0.25) is 0 Å². The third-order valence-corrected chi connectivity index (χ3v) is 8.04. The highest BCUT2D eigenvalue weighted by Crippen LogP contribution is 2.33. The number of nitrogens with one attached hydrogen (secondary N) is 1. The minimum atomic E-state index is -3.59. The molecule has 0 spiro atoms. The Balaban J connectivity index is 1.41. The van der Waals surface area contributed by atoms with E-state index in [-0.39, 0.29) is 11.8 Å². The summed E-state index contributed by atoms with van der Waals surface area (Å²) >= 11 is 0. The van der Waals surface area contributed by atoms with Gasteiger partial charge >= 0.3 is 0 Å². The number of amides is 1. The van der Waals surface area contributed by atoms with Crippen molar-refractivity contribution in [2.75, 3.05) is 31.6 Å². The van der Waals surface area contributed by atoms with Crippen LogP contribution < -0.4 is 14.8 Å². The molecule has 8 heteroatoms. The Morgan fingerprint density at radius 2 is 1.58 bits per heavy atom. The second-order valence-corrected chi connectivity index (χ2v) is 10.1. The van der Waals surface area contributed by atoms with Gasteiger partial charge in [0.1, 0.15) is 13.2 Å². The maximum Gasteiger partial charge on any atom is 0.243 e. The highest BCUT2D eigenvalue weighted by Gasteiger charge is 2.33. The lowest BCUT2D eigenvalue weighted by atomic mass is 9.97. The highest BCUT2D eigenvalue weighted by molar-refractivity contribution is 7.89. The zero-order chi connectivity index (χ0) is 22.2. The van der Waals surface area contributed by atoms with Gasteiger partial charge < -0.3 is 14.8 Å². The minimum absolute atomic E-state index is 0.101. The fraction of sp³-hybridized carbons (Fsp3) is 0.435. The standard InChI is InChI=1S/C23H28N2O5S/c1-15-12-16(2)22(17(3)13-15)31(27,28)25-8-6-18(7-9-25)23(26)24-19-4-5-20-21(14-19)30-11-10-29-20/h4-5,12-14,18H,6-11H2,1-3H3,(H,24,26). The molecule has 1 saturated heterocycles. The van der Waals surface area contributed by atoms with E-state index < -0.39 is 10.0 Å². The number of anilines is 1. The van der Waals surface area contributed by atoms with E-state index >= 15 is 0 Å². The van der Waals surface area contributed by atoms with E-state index in [1.807, 2.05) is 32.9 Å². The quantitative estimate of drug-likeness (QED) is 0.781. The summed E-state index contributed by atoms with van der Waals surface area (Å²) in [6.07, 6.45) is 0.971. The Kier molecular flexibility index (Phi) is 5.94. The Bertz CT molecular complexity index is 1080. The SMILES string of the molecule is Cc1cc(C)c(S(=O)(=O)N2CCC(C(=O)Nc3ccc4c(c3)OCCO4)CC2)c(C)c1. The van der Waals surface area contributed by atoms with Crippen molar-refractivity contribution in [3.8, 4) is 11.5 Å². The number of nitrogens with zero attached hydrogens (tertiary/aromatic N) is 1. The molecule has 31 heavy (non-hydrogen) atoms. The van der Waals surface area contributed by atoms with Gasteiger partial charge in [-0.2, -0.15) is 4.31 Å². The van der Waals surface area contributed by atoms with Gasteiger partial charge in [-0.15, -0.1) is 0 Å². The number of fused-ring (bicyclic) bond motifs is 1. The van der Waals surface area contributed by atoms with Crippen LogP contribution in [0, 0.1) is 26.7 Å². The number of ether oxygens (including phenoxy) is 2. The molecule has 0 radical (unpaired) electrons. The molecule has 1 fully saturated rings. The van der Waals surface area contributed by atoms with Crippen LogP contribution in [0.1, 0.15) is 29.5 Å². The van der Waals surface area contributed by atoms with E-state index in [0.717, 1.165) is 16.7 Å². The Labute approximate surface area is 183 Å². The van der Waals surface area contributed by atoms with Crippen LogP contribution in [0.4, 0.5) is 5.69 Å². The highest BCUT2D eigenvalue weighted by atomic mass is 32.2. The van der Waals surface area contributed by atoms with Gasteiger partial charge in [-0.3, -0.25) is 4.79 Å². The number of hydrogen-bond acceptors (Lipinski definition) is 5. The summed E-state index contributed by atoms with van der Waals surface area (Å²) in [7, 11) is -3.59. The number of carbonyl (C=O) groups is 1. The van der Waals surface area contributed by atoms with Crippen LogP contribution in [0.15, 0.2) is 35.2 Å². The third-order valence-electron chi connectivity index (χ3n) is 5.84. The molecule has 1 amide bonds. The van der Waals surface area contributed by atoms with Crippen molar-refractivity contribution in [3.05, 3.63) is 47.0 Å². The van der Waals surface area contributed by atoms with Gasteiger partial charge in [0.2, 0.25) is 15.9 Å². The summed E-state index contributed by atoms with van der Waals surface area (Å²) in [6.45, 7) is 7.28. The van der Waals surface area contributed by atoms with Crippen molar-refractivity contribution in [2.24, 2.45) is 5.92 Å². The molecule has 2 aliphatic heterocycles. The van der Waals surface area contributed by atoms with Gasteiger partial charge in [0.25, 0.3) is 0 Å². The van der Waals surface area contributed by atoms with Crippen LogP contribution in [-0.2, 0) is 14.8 Å². The van der Waals surface area contributed by atoms with Gasteiger partial charge in [-0.1, -0.05) is 17.7 Å². The van der Waals surface area contributed by atoms with E-state index in [1.165, 1.54) is 4.31 Å². The molecule has 1 N–H and O–H groups in total. The molecule has 0 unspecified atom stereocenters. The Hall–Kier alpha value is -2.58. The molecule has 0 aliphatic carbocycles. The predicted molar refractivity (Wildman–Crippen MR) is 118 cm³/mol. The normalized spacial score (nSPS) is 17.4. The molecule has 2 aromatic carbocycles. The van der Waals surface area contributed by atoms with Crippen molar-refractivity contribution in [2.45, 2.75) is 38.5 Å². The molecule has 0 aromatic heterocycles. The molecule has 4 rings (SSSR count). The lowest BCUT2D eigenvalue weighted by Crippen LogP contribution is -2.41. The number of aryl methyl sites for hydroxylation is 3. The Morgan fingerprint density at radius 3 is 2.23 bits per heavy atom. The molecule has 2 aromatic rings. The molecule has 0 atom stereocenters. The molecule has 0 saturated carbocycles. The summed E-state index contributed by atoms with van der Waals surface area (Å²) < 4.78 is 39.1. The van der Waals surface area contributed by atoms with Crippen molar-refractivity contribution in [1.29, 1.82) is 0 Å². The fourth-order valence-corrected chi connectivity index (χ4v) is 6.31. The lowest BCUT2D eigenvalue weighted by Gasteiger charge is -2.31. The number of rotatable bonds is 4. The number of hydrogen-bond donors (Lipinski definition) is 1. The van der Waals surface area contributed by atoms with Crippen LogP contribution >= 0.6 is 0 Å². The van der Waals surface area contributed by atoms with Crippen LogP contribution in [-0.4, -0.2) is 44.9 Å². The zero-order valence-electron chi connectivity index (χ0n) is 18.1. The van der Waals surface area contributed by atoms with Gasteiger partial charge in [0.05, 0.1) is 4.90 Å². The summed E-state index contributed by atoms with van der Waals surface area (Å²) in [5.74, 6) is 0.953. The molecule has 2 aliphatic rings. The maximum absolute atomic E-state index is 13.2. The van der Waals surface area contributed by atoms with E-state index in [4.69, 9.17) is 9.47 Å². The zero-order valence-corrected chi connectivity index (χ0v) is 18.9. The summed E-state index contributed by atoms with van der Waals surface area (Å²) in [5, 5.41) is 2.93. The molecule has 7 nitrogen and oxygen atoms in total. The van der Waals surface area contributed by atoms with Gasteiger partial charge in [0, 0.05) is 30.8 Å².